The molecule has 3 N–H and O–H groups in total. The fraction of sp³-hybridized carbons (Fsp3) is 0.417. The minimum absolute atomic E-state index is 0.123. The first-order chi connectivity index (χ1) is 8.82. The Morgan fingerprint density at radius 3 is 2.63 bits per heavy atom. The maximum Gasteiger partial charge on any atom is 0.293 e. The number of benzene rings is 1. The number of amides is 1. The van der Waals surface area contributed by atoms with E-state index in [0.717, 1.165) is 0 Å². The van der Waals surface area contributed by atoms with Crippen LogP contribution in [0.15, 0.2) is 18.2 Å². The molecule has 0 fully saturated rings. The molecule has 1 unspecified atom stereocenters. The molecule has 1 rings (SSSR count). The number of nitrogens with zero attached hydrogens (tertiary/aromatic N) is 2. The van der Waals surface area contributed by atoms with E-state index in [1.165, 1.54) is 17.0 Å². The van der Waals surface area contributed by atoms with E-state index in [4.69, 9.17) is 5.73 Å². The van der Waals surface area contributed by atoms with Crippen LogP contribution in [0.25, 0.3) is 0 Å². The number of hydrogen-bond acceptors (Lipinski definition) is 5. The predicted molar refractivity (Wildman–Crippen MR) is 73.3 cm³/mol. The van der Waals surface area contributed by atoms with E-state index in [0.29, 0.717) is 12.2 Å². The van der Waals surface area contributed by atoms with Crippen LogP contribution in [-0.4, -0.2) is 42.4 Å². The summed E-state index contributed by atoms with van der Waals surface area (Å²) >= 11 is 0. The molecule has 0 saturated carbocycles. The molecule has 1 aromatic carbocycles. The van der Waals surface area contributed by atoms with E-state index in [-0.39, 0.29) is 23.2 Å². The van der Waals surface area contributed by atoms with Crippen LogP contribution in [-0.2, 0) is 0 Å². The summed E-state index contributed by atoms with van der Waals surface area (Å²) in [6.07, 6.45) is 0. The SMILES string of the molecule is CC(N)CNc1ccc(C(=O)N(C)C)cc1[N+](=O)[O-]. The Morgan fingerprint density at radius 1 is 1.53 bits per heavy atom. The van der Waals surface area contributed by atoms with Gasteiger partial charge in [-0.1, -0.05) is 0 Å². The molecule has 0 saturated heterocycles. The van der Waals surface area contributed by atoms with Gasteiger partial charge in [-0.25, -0.2) is 0 Å². The van der Waals surface area contributed by atoms with Gasteiger partial charge in [-0.05, 0) is 19.1 Å². The fourth-order valence-electron chi connectivity index (χ4n) is 1.49. The lowest BCUT2D eigenvalue weighted by Gasteiger charge is -2.12. The first kappa shape index (κ1) is 14.9. The van der Waals surface area contributed by atoms with Crippen LogP contribution in [0.3, 0.4) is 0 Å². The first-order valence-corrected chi connectivity index (χ1v) is 5.82. The Morgan fingerprint density at radius 2 is 2.16 bits per heavy atom. The molecule has 0 aliphatic heterocycles. The molecule has 19 heavy (non-hydrogen) atoms. The van der Waals surface area contributed by atoms with Crippen molar-refractivity contribution in [3.05, 3.63) is 33.9 Å². The molecule has 1 atom stereocenters. The second-order valence-corrected chi connectivity index (χ2v) is 4.55. The fourth-order valence-corrected chi connectivity index (χ4v) is 1.49. The second-order valence-electron chi connectivity index (χ2n) is 4.55. The molecular formula is C12H18N4O3. The van der Waals surface area contributed by atoms with Crippen molar-refractivity contribution in [2.75, 3.05) is 26.0 Å². The van der Waals surface area contributed by atoms with Crippen LogP contribution in [0.1, 0.15) is 17.3 Å². The number of carbonyl (C=O) groups is 1. The van der Waals surface area contributed by atoms with Gasteiger partial charge in [-0.15, -0.1) is 0 Å². The van der Waals surface area contributed by atoms with E-state index >= 15 is 0 Å². The highest BCUT2D eigenvalue weighted by molar-refractivity contribution is 5.95. The summed E-state index contributed by atoms with van der Waals surface area (Å²) in [6, 6.07) is 4.23. The van der Waals surface area contributed by atoms with Crippen molar-refractivity contribution in [3.63, 3.8) is 0 Å². The standard InChI is InChI=1S/C12H18N4O3/c1-8(13)7-14-10-5-4-9(12(17)15(2)3)6-11(10)16(18)19/h4-6,8,14H,7,13H2,1-3H3. The van der Waals surface area contributed by atoms with Crippen molar-refractivity contribution in [2.24, 2.45) is 5.73 Å². The minimum atomic E-state index is -0.518. The lowest BCUT2D eigenvalue weighted by atomic mass is 10.1. The van der Waals surface area contributed by atoms with Crippen LogP contribution >= 0.6 is 0 Å². The molecule has 0 aliphatic rings. The first-order valence-electron chi connectivity index (χ1n) is 5.82. The summed E-state index contributed by atoms with van der Waals surface area (Å²) in [7, 11) is 3.19. The molecule has 0 spiro atoms. The zero-order valence-corrected chi connectivity index (χ0v) is 11.2. The number of anilines is 1. The Bertz CT molecular complexity index is 486. The Kier molecular flexibility index (Phi) is 4.82. The van der Waals surface area contributed by atoms with Gasteiger partial charge < -0.3 is 16.0 Å². The van der Waals surface area contributed by atoms with Crippen LogP contribution < -0.4 is 11.1 Å². The van der Waals surface area contributed by atoms with Gasteiger partial charge in [0.2, 0.25) is 0 Å². The zero-order valence-electron chi connectivity index (χ0n) is 11.2. The topological polar surface area (TPSA) is 102 Å². The van der Waals surface area contributed by atoms with Crippen LogP contribution in [0.4, 0.5) is 11.4 Å². The van der Waals surface area contributed by atoms with Crippen molar-refractivity contribution in [2.45, 2.75) is 13.0 Å². The van der Waals surface area contributed by atoms with Gasteiger partial charge in [0.15, 0.2) is 0 Å². The number of nitrogens with one attached hydrogen (secondary N) is 1. The molecule has 0 bridgehead atoms. The number of rotatable bonds is 5. The molecule has 1 amide bonds. The van der Waals surface area contributed by atoms with Crippen molar-refractivity contribution >= 4 is 17.3 Å². The third kappa shape index (κ3) is 3.92. The highest BCUT2D eigenvalue weighted by Gasteiger charge is 2.18. The van der Waals surface area contributed by atoms with Crippen molar-refractivity contribution in [1.82, 2.24) is 4.90 Å². The average molecular weight is 266 g/mol. The van der Waals surface area contributed by atoms with Crippen LogP contribution in [0.2, 0.25) is 0 Å². The van der Waals surface area contributed by atoms with E-state index < -0.39 is 4.92 Å². The maximum absolute atomic E-state index is 11.8. The molecule has 1 aromatic rings. The quantitative estimate of drug-likeness (QED) is 0.612. The van der Waals surface area contributed by atoms with Gasteiger partial charge in [-0.2, -0.15) is 0 Å². The van der Waals surface area contributed by atoms with E-state index in [2.05, 4.69) is 5.32 Å². The summed E-state index contributed by atoms with van der Waals surface area (Å²) in [5.74, 6) is -0.276. The van der Waals surface area contributed by atoms with Crippen LogP contribution in [0, 0.1) is 10.1 Å². The molecule has 0 aliphatic carbocycles. The van der Waals surface area contributed by atoms with Crippen molar-refractivity contribution < 1.29 is 9.72 Å². The lowest BCUT2D eigenvalue weighted by Crippen LogP contribution is -2.25. The molecule has 7 heteroatoms. The zero-order chi connectivity index (χ0) is 14.6. The highest BCUT2D eigenvalue weighted by atomic mass is 16.6. The maximum atomic E-state index is 11.8. The average Bonchev–Trinajstić information content (AvgIpc) is 2.34. The summed E-state index contributed by atoms with van der Waals surface area (Å²) in [4.78, 5) is 23.6. The number of nitro benzene ring substituents is 1. The molecule has 7 nitrogen and oxygen atoms in total. The normalized spacial score (nSPS) is 11.8. The summed E-state index contributed by atoms with van der Waals surface area (Å²) in [5.41, 5.74) is 6.10. The number of nitro groups is 1. The molecule has 0 heterocycles. The largest absolute Gasteiger partial charge is 0.378 e. The summed E-state index contributed by atoms with van der Waals surface area (Å²) in [6.45, 7) is 2.21. The van der Waals surface area contributed by atoms with E-state index in [9.17, 15) is 14.9 Å². The Hall–Kier alpha value is -2.15. The smallest absolute Gasteiger partial charge is 0.293 e. The number of nitrogens with two attached hydrogens (primary N) is 1. The summed E-state index contributed by atoms with van der Waals surface area (Å²) < 4.78 is 0. The monoisotopic (exact) mass is 266 g/mol. The Labute approximate surface area is 111 Å². The minimum Gasteiger partial charge on any atom is -0.378 e. The number of hydrogen-bond donors (Lipinski definition) is 2. The van der Waals surface area contributed by atoms with Gasteiger partial charge >= 0.3 is 0 Å². The highest BCUT2D eigenvalue weighted by Crippen LogP contribution is 2.25. The third-order valence-corrected chi connectivity index (χ3v) is 2.46. The molecule has 104 valence electrons. The van der Waals surface area contributed by atoms with Crippen molar-refractivity contribution in [3.8, 4) is 0 Å². The third-order valence-electron chi connectivity index (χ3n) is 2.46. The van der Waals surface area contributed by atoms with Gasteiger partial charge in [-0.3, -0.25) is 14.9 Å². The predicted octanol–water partition coefficient (Wildman–Crippen LogP) is 1.06. The van der Waals surface area contributed by atoms with Crippen LogP contribution in [0.5, 0.6) is 0 Å². The van der Waals surface area contributed by atoms with Gasteiger partial charge in [0.1, 0.15) is 5.69 Å². The van der Waals surface area contributed by atoms with Crippen molar-refractivity contribution in [1.29, 1.82) is 0 Å². The Balaban J connectivity index is 3.08. The molecule has 0 radical (unpaired) electrons. The second kappa shape index (κ2) is 6.14. The van der Waals surface area contributed by atoms with Gasteiger partial charge in [0.25, 0.3) is 11.6 Å². The number of carbonyl (C=O) groups excluding carboxylic acids is 1. The lowest BCUT2D eigenvalue weighted by molar-refractivity contribution is -0.384. The van der Waals surface area contributed by atoms with E-state index in [1.54, 1.807) is 27.1 Å². The van der Waals surface area contributed by atoms with Gasteiger partial charge in [0.05, 0.1) is 4.92 Å². The van der Waals surface area contributed by atoms with Gasteiger partial charge in [0, 0.05) is 38.3 Å². The molecule has 0 aromatic heterocycles. The summed E-state index contributed by atoms with van der Waals surface area (Å²) in [5, 5.41) is 13.9. The molecular weight excluding hydrogens is 248 g/mol. The van der Waals surface area contributed by atoms with E-state index in [1.807, 2.05) is 0 Å².